The third kappa shape index (κ3) is 6.03. The number of benzene rings is 2. The molecule has 0 spiro atoms. The van der Waals surface area contributed by atoms with Crippen LogP contribution in [-0.4, -0.2) is 27.4 Å². The molecule has 6 nitrogen and oxygen atoms in total. The number of aryl methyl sites for hydroxylation is 1. The molecule has 1 heterocycles. The number of hydrogen-bond donors (Lipinski definition) is 2. The van der Waals surface area contributed by atoms with E-state index in [0.29, 0.717) is 48.9 Å². The predicted molar refractivity (Wildman–Crippen MR) is 146 cm³/mol. The molecule has 0 amide bonds. The number of rotatable bonds is 10. The third-order valence-electron chi connectivity index (χ3n) is 7.72. The van der Waals surface area contributed by atoms with Gasteiger partial charge in [0.1, 0.15) is 0 Å². The average molecular weight is 492 g/mol. The number of nitrogens with one attached hydrogen (secondary N) is 1. The van der Waals surface area contributed by atoms with Crippen molar-refractivity contribution in [2.24, 2.45) is 17.8 Å². The average Bonchev–Trinajstić information content (AvgIpc) is 3.20. The van der Waals surface area contributed by atoms with Gasteiger partial charge in [0.25, 0.3) is 6.01 Å². The Bertz CT molecular complexity index is 1170. The lowest BCUT2D eigenvalue weighted by molar-refractivity contribution is -0.136. The molecule has 3 aromatic rings. The molecule has 1 saturated carbocycles. The topological polar surface area (TPSA) is 76.4 Å². The monoisotopic (exact) mass is 491 g/mol. The van der Waals surface area contributed by atoms with Crippen LogP contribution in [0, 0.1) is 17.8 Å². The molecule has 2 aromatic carbocycles. The van der Waals surface area contributed by atoms with Crippen LogP contribution in [0.2, 0.25) is 0 Å². The quantitative estimate of drug-likeness (QED) is 0.292. The Morgan fingerprint density at radius 1 is 1.14 bits per heavy atom. The van der Waals surface area contributed by atoms with Gasteiger partial charge in [0.2, 0.25) is 0 Å². The molecule has 0 radical (unpaired) electrons. The molecule has 1 aromatic heterocycles. The van der Waals surface area contributed by atoms with E-state index in [2.05, 4.69) is 74.8 Å². The van der Waals surface area contributed by atoms with E-state index in [0.717, 1.165) is 28.7 Å². The molecular formula is C30H41N3O3. The number of anilines is 1. The van der Waals surface area contributed by atoms with Gasteiger partial charge in [-0.25, -0.2) is 0 Å². The van der Waals surface area contributed by atoms with Gasteiger partial charge in [-0.1, -0.05) is 59.2 Å². The number of aromatic nitrogens is 2. The van der Waals surface area contributed by atoms with E-state index in [1.165, 1.54) is 18.4 Å². The first-order chi connectivity index (χ1) is 17.2. The summed E-state index contributed by atoms with van der Waals surface area (Å²) in [6.45, 7) is 11.7. The first kappa shape index (κ1) is 26.1. The summed E-state index contributed by atoms with van der Waals surface area (Å²) in [5.74, 6) is 1.50. The van der Waals surface area contributed by atoms with E-state index >= 15 is 0 Å². The summed E-state index contributed by atoms with van der Waals surface area (Å²) in [6.07, 6.45) is 4.19. The molecule has 0 saturated heterocycles. The van der Waals surface area contributed by atoms with Crippen molar-refractivity contribution in [3.63, 3.8) is 0 Å². The van der Waals surface area contributed by atoms with E-state index in [-0.39, 0.29) is 6.42 Å². The smallest absolute Gasteiger partial charge is 0.303 e. The van der Waals surface area contributed by atoms with Crippen LogP contribution in [0.4, 0.5) is 5.69 Å². The number of aliphatic carboxylic acids is 1. The van der Waals surface area contributed by atoms with Crippen LogP contribution in [0.5, 0.6) is 6.01 Å². The molecule has 194 valence electrons. The molecule has 3 atom stereocenters. The minimum atomic E-state index is -0.784. The number of carboxylic acid groups (broad SMARTS) is 1. The fourth-order valence-electron chi connectivity index (χ4n) is 5.57. The second-order valence-corrected chi connectivity index (χ2v) is 11.1. The second kappa shape index (κ2) is 11.4. The molecule has 6 heteroatoms. The van der Waals surface area contributed by atoms with E-state index in [1.54, 1.807) is 0 Å². The summed E-state index contributed by atoms with van der Waals surface area (Å²) in [6, 6.07) is 15.6. The van der Waals surface area contributed by atoms with Gasteiger partial charge in [-0.05, 0) is 78.3 Å². The normalized spacial score (nSPS) is 20.2. The van der Waals surface area contributed by atoms with Gasteiger partial charge in [-0.15, -0.1) is 0 Å². The van der Waals surface area contributed by atoms with E-state index in [1.807, 2.05) is 12.1 Å². The Morgan fingerprint density at radius 2 is 1.89 bits per heavy atom. The maximum Gasteiger partial charge on any atom is 0.303 e. The Kier molecular flexibility index (Phi) is 8.22. The lowest BCUT2D eigenvalue weighted by Gasteiger charge is -2.38. The molecule has 1 fully saturated rings. The lowest BCUT2D eigenvalue weighted by atomic mass is 9.74. The van der Waals surface area contributed by atoms with Crippen LogP contribution < -0.4 is 10.1 Å². The van der Waals surface area contributed by atoms with Crippen molar-refractivity contribution in [2.75, 3.05) is 12.0 Å². The SMILES string of the molecule is CC(C)c1ccc(NCOc2nc3cc(CCC(=O)O)ccc3n2[C@@H]2C[C@H](C)CC[C@H]2C(C)C)cc1. The fourth-order valence-corrected chi connectivity index (χ4v) is 5.57. The molecule has 0 bridgehead atoms. The molecule has 2 N–H and O–H groups in total. The summed E-state index contributed by atoms with van der Waals surface area (Å²) in [5, 5.41) is 12.5. The Morgan fingerprint density at radius 3 is 2.56 bits per heavy atom. The van der Waals surface area contributed by atoms with E-state index < -0.39 is 5.97 Å². The minimum Gasteiger partial charge on any atom is -0.481 e. The zero-order chi connectivity index (χ0) is 25.8. The van der Waals surface area contributed by atoms with Gasteiger partial charge in [-0.3, -0.25) is 9.36 Å². The highest BCUT2D eigenvalue weighted by Crippen LogP contribution is 2.44. The molecule has 36 heavy (non-hydrogen) atoms. The number of carboxylic acids is 1. The summed E-state index contributed by atoms with van der Waals surface area (Å²) in [5.41, 5.74) is 5.25. The number of nitrogens with zero attached hydrogens (tertiary/aromatic N) is 2. The summed E-state index contributed by atoms with van der Waals surface area (Å²) in [7, 11) is 0. The van der Waals surface area contributed by atoms with Crippen LogP contribution in [0.15, 0.2) is 42.5 Å². The summed E-state index contributed by atoms with van der Waals surface area (Å²) in [4.78, 5) is 16.0. The summed E-state index contributed by atoms with van der Waals surface area (Å²) < 4.78 is 8.62. The first-order valence-corrected chi connectivity index (χ1v) is 13.4. The molecule has 1 aliphatic rings. The van der Waals surface area contributed by atoms with Crippen LogP contribution >= 0.6 is 0 Å². The fraction of sp³-hybridized carbons (Fsp3) is 0.533. The van der Waals surface area contributed by atoms with E-state index in [4.69, 9.17) is 14.8 Å². The molecular weight excluding hydrogens is 450 g/mol. The van der Waals surface area contributed by atoms with Gasteiger partial charge in [0.15, 0.2) is 6.73 Å². The van der Waals surface area contributed by atoms with Gasteiger partial charge < -0.3 is 15.2 Å². The van der Waals surface area contributed by atoms with Crippen molar-refractivity contribution in [3.8, 4) is 6.01 Å². The van der Waals surface area contributed by atoms with Crippen molar-refractivity contribution >= 4 is 22.7 Å². The molecule has 0 aliphatic heterocycles. The van der Waals surface area contributed by atoms with Crippen LogP contribution in [0.25, 0.3) is 11.0 Å². The second-order valence-electron chi connectivity index (χ2n) is 11.1. The maximum absolute atomic E-state index is 11.1. The zero-order valence-electron chi connectivity index (χ0n) is 22.3. The van der Waals surface area contributed by atoms with Crippen molar-refractivity contribution in [3.05, 3.63) is 53.6 Å². The van der Waals surface area contributed by atoms with Crippen LogP contribution in [0.1, 0.15) is 83.4 Å². The third-order valence-corrected chi connectivity index (χ3v) is 7.72. The predicted octanol–water partition coefficient (Wildman–Crippen LogP) is 7.26. The Hall–Kier alpha value is -3.02. The highest BCUT2D eigenvalue weighted by molar-refractivity contribution is 5.78. The van der Waals surface area contributed by atoms with Crippen molar-refractivity contribution in [2.45, 2.75) is 78.7 Å². The Labute approximate surface area is 215 Å². The van der Waals surface area contributed by atoms with Gasteiger partial charge in [0, 0.05) is 18.2 Å². The van der Waals surface area contributed by atoms with E-state index in [9.17, 15) is 4.79 Å². The minimum absolute atomic E-state index is 0.116. The molecule has 1 aliphatic carbocycles. The number of carbonyl (C=O) groups is 1. The standard InChI is InChI=1S/C30H41N3O3/c1-19(2)23-9-11-24(12-10-23)31-18-36-30-32-26-17-22(8-15-29(34)35)7-14-27(26)33(30)28-16-21(5)6-13-25(28)20(3)4/h7,9-12,14,17,19-21,25,28,31H,6,8,13,15-16,18H2,1-5H3,(H,34,35)/t21-,25+,28-/m1/s1. The number of fused-ring (bicyclic) bond motifs is 1. The number of imidazole rings is 1. The van der Waals surface area contributed by atoms with Crippen LogP contribution in [-0.2, 0) is 11.2 Å². The number of ether oxygens (including phenoxy) is 1. The largest absolute Gasteiger partial charge is 0.481 e. The highest BCUT2D eigenvalue weighted by atomic mass is 16.5. The van der Waals surface area contributed by atoms with Crippen molar-refractivity contribution in [1.29, 1.82) is 0 Å². The highest BCUT2D eigenvalue weighted by Gasteiger charge is 2.34. The van der Waals surface area contributed by atoms with Gasteiger partial charge >= 0.3 is 5.97 Å². The Balaban J connectivity index is 1.62. The van der Waals surface area contributed by atoms with Gasteiger partial charge in [-0.2, -0.15) is 4.98 Å². The maximum atomic E-state index is 11.1. The molecule has 0 unspecified atom stereocenters. The van der Waals surface area contributed by atoms with Crippen molar-refractivity contribution < 1.29 is 14.6 Å². The first-order valence-electron chi connectivity index (χ1n) is 13.4. The van der Waals surface area contributed by atoms with Crippen LogP contribution in [0.3, 0.4) is 0 Å². The molecule has 4 rings (SSSR count). The lowest BCUT2D eigenvalue weighted by Crippen LogP contribution is -2.30. The number of hydrogen-bond acceptors (Lipinski definition) is 4. The van der Waals surface area contributed by atoms with Crippen molar-refractivity contribution in [1.82, 2.24) is 9.55 Å². The zero-order valence-corrected chi connectivity index (χ0v) is 22.3. The van der Waals surface area contributed by atoms with Gasteiger partial charge in [0.05, 0.1) is 11.0 Å². The summed E-state index contributed by atoms with van der Waals surface area (Å²) >= 11 is 0.